The molecular formula is C21H23ClN2O. The maximum absolute atomic E-state index is 12.4. The van der Waals surface area contributed by atoms with Crippen molar-refractivity contribution >= 4 is 29.3 Å². The van der Waals surface area contributed by atoms with Gasteiger partial charge in [-0.15, -0.1) is 0 Å². The lowest BCUT2D eigenvalue weighted by Gasteiger charge is -2.36. The standard InChI is InChI=1S/C21H23ClN2O/c1-16-6-5-9-20(17(16)2)23-12-14-24(15-13-23)21(25)11-10-18-7-3-4-8-19(18)22/h3-11H,12-15H2,1-2H3/b11-10-. The summed E-state index contributed by atoms with van der Waals surface area (Å²) < 4.78 is 0. The second kappa shape index (κ2) is 7.75. The predicted octanol–water partition coefficient (Wildman–Crippen LogP) is 4.32. The highest BCUT2D eigenvalue weighted by Gasteiger charge is 2.21. The van der Waals surface area contributed by atoms with Gasteiger partial charge in [0.1, 0.15) is 0 Å². The van der Waals surface area contributed by atoms with E-state index in [4.69, 9.17) is 11.6 Å². The molecule has 4 heteroatoms. The van der Waals surface area contributed by atoms with Crippen LogP contribution in [0.3, 0.4) is 0 Å². The van der Waals surface area contributed by atoms with Crippen LogP contribution < -0.4 is 4.90 Å². The van der Waals surface area contributed by atoms with Crippen LogP contribution in [-0.2, 0) is 4.79 Å². The molecule has 0 saturated carbocycles. The van der Waals surface area contributed by atoms with E-state index in [1.165, 1.54) is 16.8 Å². The fourth-order valence-corrected chi connectivity index (χ4v) is 3.32. The Morgan fingerprint density at radius 2 is 1.72 bits per heavy atom. The average molecular weight is 355 g/mol. The summed E-state index contributed by atoms with van der Waals surface area (Å²) in [4.78, 5) is 16.7. The van der Waals surface area contributed by atoms with Crippen molar-refractivity contribution in [2.24, 2.45) is 0 Å². The van der Waals surface area contributed by atoms with Crippen LogP contribution in [0.25, 0.3) is 6.08 Å². The summed E-state index contributed by atoms with van der Waals surface area (Å²) in [6.45, 7) is 7.48. The summed E-state index contributed by atoms with van der Waals surface area (Å²) in [5, 5.41) is 0.659. The third-order valence-electron chi connectivity index (χ3n) is 4.82. The van der Waals surface area contributed by atoms with E-state index in [1.54, 1.807) is 12.2 Å². The van der Waals surface area contributed by atoms with E-state index in [2.05, 4.69) is 36.9 Å². The maximum atomic E-state index is 12.4. The molecule has 3 nitrogen and oxygen atoms in total. The quantitative estimate of drug-likeness (QED) is 0.766. The highest BCUT2D eigenvalue weighted by atomic mass is 35.5. The molecule has 1 fully saturated rings. The van der Waals surface area contributed by atoms with Crippen LogP contribution in [-0.4, -0.2) is 37.0 Å². The first-order valence-corrected chi connectivity index (χ1v) is 8.97. The number of aryl methyl sites for hydroxylation is 1. The van der Waals surface area contributed by atoms with Crippen molar-refractivity contribution in [2.45, 2.75) is 13.8 Å². The number of anilines is 1. The molecule has 1 heterocycles. The second-order valence-electron chi connectivity index (χ2n) is 6.39. The molecule has 2 aromatic carbocycles. The SMILES string of the molecule is Cc1cccc(N2CCN(C(=O)/C=C\c3ccccc3Cl)CC2)c1C. The van der Waals surface area contributed by atoms with Gasteiger partial charge in [0, 0.05) is 43.0 Å². The van der Waals surface area contributed by atoms with Crippen LogP contribution in [0.15, 0.2) is 48.5 Å². The van der Waals surface area contributed by atoms with E-state index in [-0.39, 0.29) is 5.91 Å². The minimum Gasteiger partial charge on any atom is -0.368 e. The van der Waals surface area contributed by atoms with Gasteiger partial charge in [-0.3, -0.25) is 4.79 Å². The third-order valence-corrected chi connectivity index (χ3v) is 5.16. The minimum atomic E-state index is 0.0422. The molecule has 1 aliphatic rings. The molecule has 0 radical (unpaired) electrons. The number of carbonyl (C=O) groups excluding carboxylic acids is 1. The lowest BCUT2D eigenvalue weighted by Crippen LogP contribution is -2.48. The smallest absolute Gasteiger partial charge is 0.246 e. The molecule has 2 aromatic rings. The number of halogens is 1. The summed E-state index contributed by atoms with van der Waals surface area (Å²) in [5.74, 6) is 0.0422. The molecule has 1 aliphatic heterocycles. The first-order valence-electron chi connectivity index (χ1n) is 8.59. The Morgan fingerprint density at radius 1 is 1.00 bits per heavy atom. The first kappa shape index (κ1) is 17.6. The van der Waals surface area contributed by atoms with Gasteiger partial charge in [-0.25, -0.2) is 0 Å². The molecule has 0 unspecified atom stereocenters. The number of carbonyl (C=O) groups is 1. The fraction of sp³-hybridized carbons (Fsp3) is 0.286. The number of piperazine rings is 1. The summed E-state index contributed by atoms with van der Waals surface area (Å²) >= 11 is 6.13. The van der Waals surface area contributed by atoms with Crippen LogP contribution in [0.5, 0.6) is 0 Å². The summed E-state index contributed by atoms with van der Waals surface area (Å²) in [6, 6.07) is 13.9. The molecule has 0 atom stereocenters. The topological polar surface area (TPSA) is 23.6 Å². The number of rotatable bonds is 3. The van der Waals surface area contributed by atoms with Gasteiger partial charge in [0.05, 0.1) is 0 Å². The lowest BCUT2D eigenvalue weighted by atomic mass is 10.1. The van der Waals surface area contributed by atoms with Crippen molar-refractivity contribution in [3.8, 4) is 0 Å². The Balaban J connectivity index is 1.61. The highest BCUT2D eigenvalue weighted by molar-refractivity contribution is 6.32. The maximum Gasteiger partial charge on any atom is 0.246 e. The number of nitrogens with zero attached hydrogens (tertiary/aromatic N) is 2. The van der Waals surface area contributed by atoms with E-state index in [1.807, 2.05) is 29.2 Å². The van der Waals surface area contributed by atoms with E-state index >= 15 is 0 Å². The number of benzene rings is 2. The van der Waals surface area contributed by atoms with Crippen molar-refractivity contribution in [2.75, 3.05) is 31.1 Å². The van der Waals surface area contributed by atoms with Crippen LogP contribution in [0.1, 0.15) is 16.7 Å². The zero-order valence-corrected chi connectivity index (χ0v) is 15.5. The van der Waals surface area contributed by atoms with Crippen LogP contribution in [0.2, 0.25) is 5.02 Å². The molecule has 0 bridgehead atoms. The van der Waals surface area contributed by atoms with Crippen molar-refractivity contribution in [3.63, 3.8) is 0 Å². The summed E-state index contributed by atoms with van der Waals surface area (Å²) in [6.07, 6.45) is 3.41. The molecule has 25 heavy (non-hydrogen) atoms. The number of amides is 1. The van der Waals surface area contributed by atoms with Gasteiger partial charge in [0.25, 0.3) is 0 Å². The van der Waals surface area contributed by atoms with Gasteiger partial charge in [-0.1, -0.05) is 41.9 Å². The average Bonchev–Trinajstić information content (AvgIpc) is 2.63. The van der Waals surface area contributed by atoms with Crippen LogP contribution in [0, 0.1) is 13.8 Å². The lowest BCUT2D eigenvalue weighted by molar-refractivity contribution is -0.126. The Morgan fingerprint density at radius 3 is 2.44 bits per heavy atom. The number of hydrogen-bond acceptors (Lipinski definition) is 2. The monoisotopic (exact) mass is 354 g/mol. The van der Waals surface area contributed by atoms with Gasteiger partial charge in [0.2, 0.25) is 5.91 Å². The Bertz CT molecular complexity index is 792. The molecule has 130 valence electrons. The van der Waals surface area contributed by atoms with E-state index < -0.39 is 0 Å². The summed E-state index contributed by atoms with van der Waals surface area (Å²) in [5.41, 5.74) is 4.77. The largest absolute Gasteiger partial charge is 0.368 e. The van der Waals surface area contributed by atoms with Gasteiger partial charge in [-0.05, 0) is 48.7 Å². The zero-order chi connectivity index (χ0) is 17.8. The van der Waals surface area contributed by atoms with Crippen molar-refractivity contribution in [3.05, 3.63) is 70.3 Å². The molecule has 1 amide bonds. The first-order chi connectivity index (χ1) is 12.1. The molecular weight excluding hydrogens is 332 g/mol. The Kier molecular flexibility index (Phi) is 5.44. The predicted molar refractivity (Wildman–Crippen MR) is 105 cm³/mol. The molecule has 0 aliphatic carbocycles. The molecule has 0 aromatic heterocycles. The molecule has 1 saturated heterocycles. The van der Waals surface area contributed by atoms with Crippen molar-refractivity contribution in [1.82, 2.24) is 4.90 Å². The van der Waals surface area contributed by atoms with Crippen LogP contribution in [0.4, 0.5) is 5.69 Å². The second-order valence-corrected chi connectivity index (χ2v) is 6.79. The Labute approximate surface area is 154 Å². The van der Waals surface area contributed by atoms with E-state index in [0.717, 1.165) is 31.7 Å². The summed E-state index contributed by atoms with van der Waals surface area (Å²) in [7, 11) is 0. The van der Waals surface area contributed by atoms with Crippen molar-refractivity contribution < 1.29 is 4.79 Å². The van der Waals surface area contributed by atoms with Crippen molar-refractivity contribution in [1.29, 1.82) is 0 Å². The molecule has 0 spiro atoms. The zero-order valence-electron chi connectivity index (χ0n) is 14.7. The minimum absolute atomic E-state index is 0.0422. The van der Waals surface area contributed by atoms with Gasteiger partial charge in [0.15, 0.2) is 0 Å². The molecule has 3 rings (SSSR count). The molecule has 0 N–H and O–H groups in total. The van der Waals surface area contributed by atoms with Gasteiger partial charge >= 0.3 is 0 Å². The fourth-order valence-electron chi connectivity index (χ4n) is 3.12. The third kappa shape index (κ3) is 4.05. The van der Waals surface area contributed by atoms with Gasteiger partial charge in [-0.2, -0.15) is 0 Å². The Hall–Kier alpha value is -2.26. The van der Waals surface area contributed by atoms with Crippen LogP contribution >= 0.6 is 11.6 Å². The number of hydrogen-bond donors (Lipinski definition) is 0. The normalized spacial score (nSPS) is 15.0. The highest BCUT2D eigenvalue weighted by Crippen LogP contribution is 2.24. The van der Waals surface area contributed by atoms with E-state index in [9.17, 15) is 4.79 Å². The van der Waals surface area contributed by atoms with Gasteiger partial charge < -0.3 is 9.80 Å². The van der Waals surface area contributed by atoms with E-state index in [0.29, 0.717) is 5.02 Å².